The van der Waals surface area contributed by atoms with Crippen molar-refractivity contribution in [2.45, 2.75) is 322 Å². The normalized spacial score (nSPS) is 12.6. The minimum Gasteiger partial charge on any atom is -0.462 e. The smallest absolute Gasteiger partial charge is 0.306 e. The standard InChI is InChI=1S/C69H120O6/c1-4-7-10-13-16-19-22-25-27-28-29-30-31-32-33-34-35-36-37-38-39-40-42-44-47-50-53-56-59-62-68(71)74-65-66(64-73-67(70)61-58-55-52-49-46-43-24-21-18-15-12-9-6-3)75-69(72)63-60-57-54-51-48-45-41-26-23-20-17-14-11-8-5-2/h7,10,16,19,21,24-25,27,29-30,32-33,35-36,66H,4-6,8-9,11-15,17-18,20,22-23,26,28,31,34,37-65H2,1-3H3/b10-7-,19-16-,24-21-,27-25-,30-29-,33-32-,36-35-. The van der Waals surface area contributed by atoms with E-state index in [1.54, 1.807) is 0 Å². The number of rotatable bonds is 58. The molecule has 0 bridgehead atoms. The highest BCUT2D eigenvalue weighted by atomic mass is 16.6. The first kappa shape index (κ1) is 71.6. The van der Waals surface area contributed by atoms with Gasteiger partial charge in [-0.1, -0.05) is 286 Å². The van der Waals surface area contributed by atoms with E-state index in [1.165, 1.54) is 173 Å². The van der Waals surface area contributed by atoms with E-state index < -0.39 is 6.10 Å². The number of allylic oxidation sites excluding steroid dienone is 14. The summed E-state index contributed by atoms with van der Waals surface area (Å²) < 4.78 is 16.9. The van der Waals surface area contributed by atoms with Crippen LogP contribution in [-0.2, 0) is 28.6 Å². The van der Waals surface area contributed by atoms with Crippen molar-refractivity contribution in [3.8, 4) is 0 Å². The van der Waals surface area contributed by atoms with Crippen molar-refractivity contribution in [2.24, 2.45) is 0 Å². The molecule has 0 aliphatic carbocycles. The highest BCUT2D eigenvalue weighted by molar-refractivity contribution is 5.71. The van der Waals surface area contributed by atoms with Crippen molar-refractivity contribution in [1.29, 1.82) is 0 Å². The Bertz CT molecular complexity index is 1430. The third-order valence-electron chi connectivity index (χ3n) is 13.9. The van der Waals surface area contributed by atoms with Gasteiger partial charge in [0.25, 0.3) is 0 Å². The zero-order chi connectivity index (χ0) is 54.3. The zero-order valence-corrected chi connectivity index (χ0v) is 49.6. The summed E-state index contributed by atoms with van der Waals surface area (Å²) in [6, 6.07) is 0. The molecule has 0 saturated carbocycles. The zero-order valence-electron chi connectivity index (χ0n) is 49.6. The second-order valence-electron chi connectivity index (χ2n) is 21.3. The van der Waals surface area contributed by atoms with E-state index >= 15 is 0 Å². The summed E-state index contributed by atoms with van der Waals surface area (Å²) in [6.07, 6.45) is 83.0. The van der Waals surface area contributed by atoms with Gasteiger partial charge in [-0.05, 0) is 96.3 Å². The number of esters is 3. The number of carbonyl (C=O) groups excluding carboxylic acids is 3. The van der Waals surface area contributed by atoms with Crippen LogP contribution in [0.25, 0.3) is 0 Å². The van der Waals surface area contributed by atoms with E-state index in [2.05, 4.69) is 106 Å². The van der Waals surface area contributed by atoms with Crippen LogP contribution in [0.15, 0.2) is 85.1 Å². The summed E-state index contributed by atoms with van der Waals surface area (Å²) in [5.41, 5.74) is 0. The number of ether oxygens (including phenoxy) is 3. The Morgan fingerprint density at radius 2 is 0.520 bits per heavy atom. The highest BCUT2D eigenvalue weighted by Crippen LogP contribution is 2.17. The van der Waals surface area contributed by atoms with Crippen molar-refractivity contribution < 1.29 is 28.6 Å². The van der Waals surface area contributed by atoms with E-state index in [-0.39, 0.29) is 31.1 Å². The molecule has 1 unspecified atom stereocenters. The second kappa shape index (κ2) is 63.1. The lowest BCUT2D eigenvalue weighted by Crippen LogP contribution is -2.30. The minimum atomic E-state index is -0.780. The van der Waals surface area contributed by atoms with Gasteiger partial charge >= 0.3 is 17.9 Å². The van der Waals surface area contributed by atoms with Gasteiger partial charge in [0.1, 0.15) is 13.2 Å². The monoisotopic (exact) mass is 1040 g/mol. The van der Waals surface area contributed by atoms with Gasteiger partial charge in [0.2, 0.25) is 0 Å². The Morgan fingerprint density at radius 1 is 0.280 bits per heavy atom. The van der Waals surface area contributed by atoms with Crippen LogP contribution in [0.3, 0.4) is 0 Å². The molecule has 0 aromatic carbocycles. The average Bonchev–Trinajstić information content (AvgIpc) is 3.41. The number of unbranched alkanes of at least 4 members (excludes halogenated alkanes) is 33. The lowest BCUT2D eigenvalue weighted by Gasteiger charge is -2.18. The molecule has 0 saturated heterocycles. The van der Waals surface area contributed by atoms with Crippen molar-refractivity contribution in [3.63, 3.8) is 0 Å². The first-order valence-corrected chi connectivity index (χ1v) is 32.1. The number of carbonyl (C=O) groups is 3. The lowest BCUT2D eigenvalue weighted by molar-refractivity contribution is -0.167. The molecule has 6 heteroatoms. The Hall–Kier alpha value is -3.41. The maximum absolute atomic E-state index is 12.9. The predicted octanol–water partition coefficient (Wildman–Crippen LogP) is 21.9. The molecule has 0 aliphatic rings. The molecule has 0 heterocycles. The van der Waals surface area contributed by atoms with Crippen molar-refractivity contribution in [3.05, 3.63) is 85.1 Å². The molecule has 0 radical (unpaired) electrons. The molecule has 0 rings (SSSR count). The number of hydrogen-bond acceptors (Lipinski definition) is 6. The predicted molar refractivity (Wildman–Crippen MR) is 325 cm³/mol. The van der Waals surface area contributed by atoms with Gasteiger partial charge in [-0.25, -0.2) is 0 Å². The van der Waals surface area contributed by atoms with Gasteiger partial charge in [0.15, 0.2) is 6.10 Å². The maximum Gasteiger partial charge on any atom is 0.306 e. The van der Waals surface area contributed by atoms with E-state index in [0.717, 1.165) is 103 Å². The van der Waals surface area contributed by atoms with Crippen molar-refractivity contribution in [1.82, 2.24) is 0 Å². The number of hydrogen-bond donors (Lipinski definition) is 0. The fourth-order valence-electron chi connectivity index (χ4n) is 9.09. The summed E-state index contributed by atoms with van der Waals surface area (Å²) in [7, 11) is 0. The van der Waals surface area contributed by atoms with Gasteiger partial charge < -0.3 is 14.2 Å². The average molecular weight is 1050 g/mol. The quantitative estimate of drug-likeness (QED) is 0.0261. The highest BCUT2D eigenvalue weighted by Gasteiger charge is 2.19. The fraction of sp³-hybridized carbons (Fsp3) is 0.754. The van der Waals surface area contributed by atoms with Gasteiger partial charge in [-0.3, -0.25) is 14.4 Å². The fourth-order valence-corrected chi connectivity index (χ4v) is 9.09. The molecule has 0 N–H and O–H groups in total. The molecule has 0 spiro atoms. The molecule has 0 aromatic rings. The molecule has 0 aromatic heterocycles. The van der Waals surface area contributed by atoms with Crippen LogP contribution in [0.2, 0.25) is 0 Å². The molecule has 0 amide bonds. The second-order valence-corrected chi connectivity index (χ2v) is 21.3. The van der Waals surface area contributed by atoms with Crippen LogP contribution in [-0.4, -0.2) is 37.2 Å². The molecular formula is C69H120O6. The SMILES string of the molecule is CC/C=C\C/C=C\C/C=C\C/C=C\C/C=C\C/C=C\CCCCCCCCCCCCC(=O)OCC(COC(=O)CCCCCCC/C=C\CCCCCC)OC(=O)CCCCCCCCCCCCCCCCC. The van der Waals surface area contributed by atoms with Crippen LogP contribution >= 0.6 is 0 Å². The van der Waals surface area contributed by atoms with Gasteiger partial charge in [0, 0.05) is 19.3 Å². The lowest BCUT2D eigenvalue weighted by atomic mass is 10.0. The molecule has 0 fully saturated rings. The van der Waals surface area contributed by atoms with Gasteiger partial charge in [-0.2, -0.15) is 0 Å². The largest absolute Gasteiger partial charge is 0.462 e. The van der Waals surface area contributed by atoms with Crippen LogP contribution in [0, 0.1) is 0 Å². The van der Waals surface area contributed by atoms with E-state index in [0.29, 0.717) is 19.3 Å². The third kappa shape index (κ3) is 61.3. The Labute approximate surface area is 465 Å². The first-order chi connectivity index (χ1) is 37.0. The van der Waals surface area contributed by atoms with Crippen LogP contribution in [0.1, 0.15) is 316 Å². The topological polar surface area (TPSA) is 78.9 Å². The summed E-state index contributed by atoms with van der Waals surface area (Å²) in [5, 5.41) is 0. The third-order valence-corrected chi connectivity index (χ3v) is 13.9. The molecule has 0 aliphatic heterocycles. The summed E-state index contributed by atoms with van der Waals surface area (Å²) in [6.45, 7) is 6.53. The van der Waals surface area contributed by atoms with Crippen LogP contribution in [0.4, 0.5) is 0 Å². The molecule has 432 valence electrons. The molecular weight excluding hydrogens is 925 g/mol. The van der Waals surface area contributed by atoms with Crippen molar-refractivity contribution in [2.75, 3.05) is 13.2 Å². The van der Waals surface area contributed by atoms with Gasteiger partial charge in [-0.15, -0.1) is 0 Å². The maximum atomic E-state index is 12.9. The molecule has 6 nitrogen and oxygen atoms in total. The summed E-state index contributed by atoms with van der Waals surface area (Å²) >= 11 is 0. The van der Waals surface area contributed by atoms with Crippen LogP contribution in [0.5, 0.6) is 0 Å². The minimum absolute atomic E-state index is 0.0781. The Balaban J connectivity index is 4.25. The molecule has 75 heavy (non-hydrogen) atoms. The molecule has 1 atom stereocenters. The van der Waals surface area contributed by atoms with Gasteiger partial charge in [0.05, 0.1) is 0 Å². The van der Waals surface area contributed by atoms with Crippen LogP contribution < -0.4 is 0 Å². The van der Waals surface area contributed by atoms with E-state index in [1.807, 2.05) is 0 Å². The Kier molecular flexibility index (Phi) is 60.3. The first-order valence-electron chi connectivity index (χ1n) is 32.1. The summed E-state index contributed by atoms with van der Waals surface area (Å²) in [4.78, 5) is 38.3. The van der Waals surface area contributed by atoms with E-state index in [4.69, 9.17) is 14.2 Å². The summed E-state index contributed by atoms with van der Waals surface area (Å²) in [5.74, 6) is -0.877. The van der Waals surface area contributed by atoms with Crippen molar-refractivity contribution >= 4 is 17.9 Å². The Morgan fingerprint density at radius 3 is 0.840 bits per heavy atom. The van der Waals surface area contributed by atoms with E-state index in [9.17, 15) is 14.4 Å².